The van der Waals surface area contributed by atoms with Crippen LogP contribution in [-0.2, 0) is 25.6 Å². The Morgan fingerprint density at radius 3 is 2.38 bits per heavy atom. The lowest BCUT2D eigenvalue weighted by Crippen LogP contribution is -2.27. The van der Waals surface area contributed by atoms with Gasteiger partial charge in [-0.15, -0.1) is 0 Å². The van der Waals surface area contributed by atoms with Gasteiger partial charge in [-0.25, -0.2) is 9.97 Å². The number of phenols is 1. The summed E-state index contributed by atoms with van der Waals surface area (Å²) in [6.45, 7) is 1.53. The number of halogens is 3. The molecule has 1 fully saturated rings. The summed E-state index contributed by atoms with van der Waals surface area (Å²) in [4.78, 5) is 11.8. The number of fused-ring (bicyclic) bond motifs is 1. The molecule has 2 aliphatic rings. The van der Waals surface area contributed by atoms with Gasteiger partial charge in [-0.2, -0.15) is 13.2 Å². The van der Waals surface area contributed by atoms with Gasteiger partial charge in [0.2, 0.25) is 0 Å². The molecule has 0 unspecified atom stereocenters. The first-order valence-corrected chi connectivity index (χ1v) is 10.9. The van der Waals surface area contributed by atoms with Crippen molar-refractivity contribution in [2.45, 2.75) is 44.3 Å². The Kier molecular flexibility index (Phi) is 5.37. The number of phenolic OH excluding ortho intramolecular Hbond substituents is 1. The minimum atomic E-state index is -4.36. The molecule has 5 rings (SSSR count). The molecule has 32 heavy (non-hydrogen) atoms. The van der Waals surface area contributed by atoms with E-state index in [1.54, 1.807) is 24.3 Å². The van der Waals surface area contributed by atoms with Crippen LogP contribution < -0.4 is 0 Å². The fraction of sp³-hybridized carbons (Fsp3) is 0.360. The standard InChI is InChI=1S/C25H24F3N3O/c26-25(27,28)21-4-2-1-3-18(21)15-31-13-11-20-22(12-14-31)29-24(17-5-6-17)30-23(20)16-7-9-19(32)10-8-16/h1-4,7-10,17,32H,5-6,11-15H2. The van der Waals surface area contributed by atoms with Crippen molar-refractivity contribution in [3.63, 3.8) is 0 Å². The first kappa shape index (κ1) is 20.9. The monoisotopic (exact) mass is 439 g/mol. The molecule has 1 aliphatic heterocycles. The Morgan fingerprint density at radius 2 is 1.66 bits per heavy atom. The molecule has 166 valence electrons. The molecular formula is C25H24F3N3O. The van der Waals surface area contributed by atoms with Crippen molar-refractivity contribution >= 4 is 0 Å². The maximum Gasteiger partial charge on any atom is 0.416 e. The van der Waals surface area contributed by atoms with E-state index in [2.05, 4.69) is 4.90 Å². The van der Waals surface area contributed by atoms with Crippen LogP contribution in [0.15, 0.2) is 48.5 Å². The third kappa shape index (κ3) is 4.35. The Hall–Kier alpha value is -2.93. The van der Waals surface area contributed by atoms with Gasteiger partial charge in [0, 0.05) is 48.8 Å². The molecule has 0 amide bonds. The van der Waals surface area contributed by atoms with E-state index >= 15 is 0 Å². The van der Waals surface area contributed by atoms with Crippen LogP contribution in [0.5, 0.6) is 5.75 Å². The van der Waals surface area contributed by atoms with Gasteiger partial charge >= 0.3 is 6.18 Å². The van der Waals surface area contributed by atoms with Crippen molar-refractivity contribution in [2.75, 3.05) is 13.1 Å². The summed E-state index contributed by atoms with van der Waals surface area (Å²) in [5.74, 6) is 1.46. The van der Waals surface area contributed by atoms with E-state index in [1.165, 1.54) is 6.07 Å². The topological polar surface area (TPSA) is 49.3 Å². The number of rotatable bonds is 4. The Labute approximate surface area is 184 Å². The van der Waals surface area contributed by atoms with Crippen LogP contribution in [-0.4, -0.2) is 33.1 Å². The Morgan fingerprint density at radius 1 is 0.938 bits per heavy atom. The van der Waals surface area contributed by atoms with Gasteiger partial charge in [-0.05, 0) is 55.2 Å². The lowest BCUT2D eigenvalue weighted by atomic mass is 10.0. The zero-order valence-corrected chi connectivity index (χ0v) is 17.6. The summed E-state index contributed by atoms with van der Waals surface area (Å²) < 4.78 is 40.3. The van der Waals surface area contributed by atoms with E-state index < -0.39 is 11.7 Å². The molecule has 0 saturated heterocycles. The predicted molar refractivity (Wildman–Crippen MR) is 115 cm³/mol. The fourth-order valence-electron chi connectivity index (χ4n) is 4.38. The third-order valence-electron chi connectivity index (χ3n) is 6.25. The van der Waals surface area contributed by atoms with Crippen LogP contribution in [0.3, 0.4) is 0 Å². The van der Waals surface area contributed by atoms with Crippen LogP contribution in [0.2, 0.25) is 0 Å². The Balaban J connectivity index is 1.44. The second-order valence-electron chi connectivity index (χ2n) is 8.61. The van der Waals surface area contributed by atoms with Crippen LogP contribution in [0.25, 0.3) is 11.3 Å². The van der Waals surface area contributed by atoms with Crippen molar-refractivity contribution in [2.24, 2.45) is 0 Å². The van der Waals surface area contributed by atoms with Crippen molar-refractivity contribution in [1.29, 1.82) is 0 Å². The van der Waals surface area contributed by atoms with E-state index in [1.807, 2.05) is 12.1 Å². The van der Waals surface area contributed by atoms with Crippen molar-refractivity contribution in [3.05, 3.63) is 76.7 Å². The second kappa shape index (κ2) is 8.20. The number of aromatic nitrogens is 2. The number of hydrogen-bond donors (Lipinski definition) is 1. The number of nitrogens with zero attached hydrogens (tertiary/aromatic N) is 3. The van der Waals surface area contributed by atoms with Gasteiger partial charge in [0.25, 0.3) is 0 Å². The first-order valence-electron chi connectivity index (χ1n) is 10.9. The highest BCUT2D eigenvalue weighted by molar-refractivity contribution is 5.65. The first-order chi connectivity index (χ1) is 15.4. The molecule has 1 aromatic heterocycles. The number of aromatic hydroxyl groups is 1. The SMILES string of the molecule is Oc1ccc(-c2nc(C3CC3)nc3c2CCN(Cc2ccccc2C(F)(F)F)CC3)cc1. The molecule has 0 spiro atoms. The number of hydrogen-bond acceptors (Lipinski definition) is 4. The molecule has 0 bridgehead atoms. The lowest BCUT2D eigenvalue weighted by molar-refractivity contribution is -0.138. The van der Waals surface area contributed by atoms with Gasteiger partial charge in [0.15, 0.2) is 0 Å². The highest BCUT2D eigenvalue weighted by Crippen LogP contribution is 2.40. The summed E-state index contributed by atoms with van der Waals surface area (Å²) in [6, 6.07) is 12.8. The van der Waals surface area contributed by atoms with Crippen molar-refractivity contribution < 1.29 is 18.3 Å². The zero-order chi connectivity index (χ0) is 22.3. The van der Waals surface area contributed by atoms with Gasteiger partial charge in [-0.3, -0.25) is 4.90 Å². The summed E-state index contributed by atoms with van der Waals surface area (Å²) >= 11 is 0. The number of alkyl halides is 3. The van der Waals surface area contributed by atoms with Crippen molar-refractivity contribution in [1.82, 2.24) is 14.9 Å². The van der Waals surface area contributed by atoms with Gasteiger partial charge in [-0.1, -0.05) is 18.2 Å². The molecule has 4 nitrogen and oxygen atoms in total. The van der Waals surface area contributed by atoms with E-state index in [0.717, 1.165) is 47.2 Å². The minimum Gasteiger partial charge on any atom is -0.508 e. The lowest BCUT2D eigenvalue weighted by Gasteiger charge is -2.22. The normalized spacial score (nSPS) is 17.1. The second-order valence-corrected chi connectivity index (χ2v) is 8.61. The highest BCUT2D eigenvalue weighted by atomic mass is 19.4. The molecule has 1 saturated carbocycles. The molecule has 1 N–H and O–H groups in total. The maximum absolute atomic E-state index is 13.4. The maximum atomic E-state index is 13.4. The van der Waals surface area contributed by atoms with E-state index in [-0.39, 0.29) is 12.3 Å². The summed E-state index contributed by atoms with van der Waals surface area (Å²) in [7, 11) is 0. The third-order valence-corrected chi connectivity index (χ3v) is 6.25. The minimum absolute atomic E-state index is 0.200. The van der Waals surface area contributed by atoms with E-state index in [0.29, 0.717) is 37.4 Å². The Bertz CT molecular complexity index is 1120. The smallest absolute Gasteiger partial charge is 0.416 e. The molecule has 7 heteroatoms. The molecular weight excluding hydrogens is 415 g/mol. The van der Waals surface area contributed by atoms with E-state index in [4.69, 9.17) is 9.97 Å². The van der Waals surface area contributed by atoms with Crippen LogP contribution >= 0.6 is 0 Å². The molecule has 0 radical (unpaired) electrons. The summed E-state index contributed by atoms with van der Waals surface area (Å²) in [6.07, 6.45) is -0.827. The summed E-state index contributed by atoms with van der Waals surface area (Å²) in [5, 5.41) is 9.67. The fourth-order valence-corrected chi connectivity index (χ4v) is 4.38. The molecule has 3 aromatic rings. The van der Waals surface area contributed by atoms with Crippen LogP contribution in [0.4, 0.5) is 13.2 Å². The average Bonchev–Trinajstić information content (AvgIpc) is 3.62. The predicted octanol–water partition coefficient (Wildman–Crippen LogP) is 5.35. The zero-order valence-electron chi connectivity index (χ0n) is 17.6. The molecule has 0 atom stereocenters. The largest absolute Gasteiger partial charge is 0.508 e. The highest BCUT2D eigenvalue weighted by Gasteiger charge is 2.34. The van der Waals surface area contributed by atoms with E-state index in [9.17, 15) is 18.3 Å². The van der Waals surface area contributed by atoms with Crippen LogP contribution in [0, 0.1) is 0 Å². The quantitative estimate of drug-likeness (QED) is 0.596. The molecule has 2 heterocycles. The van der Waals surface area contributed by atoms with Gasteiger partial charge < -0.3 is 5.11 Å². The van der Waals surface area contributed by atoms with Crippen molar-refractivity contribution in [3.8, 4) is 17.0 Å². The van der Waals surface area contributed by atoms with Gasteiger partial charge in [0.1, 0.15) is 11.6 Å². The number of benzene rings is 2. The summed E-state index contributed by atoms with van der Waals surface area (Å²) in [5.41, 5.74) is 3.61. The van der Waals surface area contributed by atoms with Gasteiger partial charge in [0.05, 0.1) is 11.3 Å². The molecule has 1 aliphatic carbocycles. The van der Waals surface area contributed by atoms with Crippen LogP contribution in [0.1, 0.15) is 47.0 Å². The average molecular weight is 439 g/mol. The molecule has 2 aromatic carbocycles.